The van der Waals surface area contributed by atoms with Gasteiger partial charge in [-0.15, -0.1) is 0 Å². The largest absolute Gasteiger partial charge is 0.449 e. The van der Waals surface area contributed by atoms with Gasteiger partial charge in [-0.25, -0.2) is 0 Å². The van der Waals surface area contributed by atoms with Gasteiger partial charge in [0, 0.05) is 25.2 Å². The zero-order valence-corrected chi connectivity index (χ0v) is 13.0. The number of rotatable bonds is 2. The van der Waals surface area contributed by atoms with Crippen LogP contribution in [0.3, 0.4) is 0 Å². The van der Waals surface area contributed by atoms with Gasteiger partial charge in [0.1, 0.15) is 17.3 Å². The molecule has 0 saturated carbocycles. The average molecular weight is 329 g/mol. The first-order valence-corrected chi connectivity index (χ1v) is 7.54. The molecule has 0 bridgehead atoms. The van der Waals surface area contributed by atoms with Crippen molar-refractivity contribution in [3.8, 4) is 11.4 Å². The molecule has 0 radical (unpaired) electrons. The molecular formula is C16H13ClN4O2. The number of halogens is 1. The molecule has 0 aromatic carbocycles. The number of hydrogen-bond donors (Lipinski definition) is 1. The summed E-state index contributed by atoms with van der Waals surface area (Å²) in [5.41, 5.74) is 2.39. The Balaban J connectivity index is 1.93. The maximum atomic E-state index is 12.1. The molecule has 1 amide bonds. The van der Waals surface area contributed by atoms with E-state index in [2.05, 4.69) is 15.4 Å². The van der Waals surface area contributed by atoms with Crippen molar-refractivity contribution < 1.29 is 9.21 Å². The molecule has 7 heteroatoms. The van der Waals surface area contributed by atoms with E-state index in [4.69, 9.17) is 16.0 Å². The summed E-state index contributed by atoms with van der Waals surface area (Å²) in [6, 6.07) is 9.13. The maximum Gasteiger partial charge on any atom is 0.226 e. The molecule has 0 aliphatic carbocycles. The molecule has 1 aliphatic heterocycles. The topological polar surface area (TPSA) is 73.0 Å². The van der Waals surface area contributed by atoms with Crippen LogP contribution in [0.5, 0.6) is 0 Å². The summed E-state index contributed by atoms with van der Waals surface area (Å²) in [6.45, 7) is 0. The summed E-state index contributed by atoms with van der Waals surface area (Å²) >= 11 is 5.90. The van der Waals surface area contributed by atoms with E-state index in [1.807, 2.05) is 18.2 Å². The molecule has 6 nitrogen and oxygen atoms in total. The number of carbonyl (C=O) groups excluding carboxylic acids is 1. The maximum absolute atomic E-state index is 12.1. The lowest BCUT2D eigenvalue weighted by Crippen LogP contribution is -2.24. The van der Waals surface area contributed by atoms with E-state index < -0.39 is 0 Å². The lowest BCUT2D eigenvalue weighted by Gasteiger charge is -2.22. The molecule has 4 rings (SSSR count). The van der Waals surface area contributed by atoms with Crippen molar-refractivity contribution in [1.82, 2.24) is 14.8 Å². The van der Waals surface area contributed by atoms with E-state index in [1.54, 1.807) is 30.1 Å². The van der Waals surface area contributed by atoms with E-state index in [0.717, 1.165) is 17.0 Å². The second kappa shape index (κ2) is 5.24. The van der Waals surface area contributed by atoms with Gasteiger partial charge in [0.25, 0.3) is 0 Å². The molecular weight excluding hydrogens is 316 g/mol. The lowest BCUT2D eigenvalue weighted by molar-refractivity contribution is -0.116. The van der Waals surface area contributed by atoms with Crippen molar-refractivity contribution in [3.05, 3.63) is 53.1 Å². The first kappa shape index (κ1) is 14.0. The fraction of sp³-hybridized carbons (Fsp3) is 0.188. The Morgan fingerprint density at radius 2 is 2.22 bits per heavy atom. The van der Waals surface area contributed by atoms with Crippen LogP contribution in [0.25, 0.3) is 11.4 Å². The van der Waals surface area contributed by atoms with Gasteiger partial charge in [-0.05, 0) is 35.9 Å². The first-order valence-electron chi connectivity index (χ1n) is 7.17. The van der Waals surface area contributed by atoms with Crippen molar-refractivity contribution in [1.29, 1.82) is 0 Å². The van der Waals surface area contributed by atoms with Crippen LogP contribution in [0.2, 0.25) is 5.22 Å². The van der Waals surface area contributed by atoms with E-state index in [0.29, 0.717) is 16.8 Å². The van der Waals surface area contributed by atoms with Crippen molar-refractivity contribution in [2.45, 2.75) is 12.3 Å². The summed E-state index contributed by atoms with van der Waals surface area (Å²) in [5.74, 6) is 0.998. The molecule has 23 heavy (non-hydrogen) atoms. The smallest absolute Gasteiger partial charge is 0.226 e. The number of hydrogen-bond acceptors (Lipinski definition) is 4. The van der Waals surface area contributed by atoms with Crippen LogP contribution < -0.4 is 5.32 Å². The Labute approximate surface area is 137 Å². The van der Waals surface area contributed by atoms with Crippen molar-refractivity contribution >= 4 is 23.3 Å². The van der Waals surface area contributed by atoms with Crippen LogP contribution in [0.15, 0.2) is 40.9 Å². The van der Waals surface area contributed by atoms with Gasteiger partial charge in [0.05, 0.1) is 11.6 Å². The normalized spacial score (nSPS) is 17.0. The number of furan rings is 1. The number of aryl methyl sites for hydroxylation is 1. The zero-order valence-electron chi connectivity index (χ0n) is 12.3. The number of nitrogens with one attached hydrogen (secondary N) is 1. The third-order valence-electron chi connectivity index (χ3n) is 3.92. The fourth-order valence-electron chi connectivity index (χ4n) is 2.94. The van der Waals surface area contributed by atoms with Gasteiger partial charge in [-0.3, -0.25) is 14.5 Å². The number of amides is 1. The zero-order chi connectivity index (χ0) is 16.0. The minimum absolute atomic E-state index is 0.0782. The third-order valence-corrected chi connectivity index (χ3v) is 4.13. The second-order valence-corrected chi connectivity index (χ2v) is 5.77. The summed E-state index contributed by atoms with van der Waals surface area (Å²) in [4.78, 5) is 16.4. The van der Waals surface area contributed by atoms with E-state index in [-0.39, 0.29) is 18.2 Å². The SMILES string of the molecule is Cn1nc(-c2ccccn2)c2c1NC(=O)CC2c1ccc(Cl)o1. The fourth-order valence-corrected chi connectivity index (χ4v) is 3.09. The van der Waals surface area contributed by atoms with Crippen molar-refractivity contribution in [2.24, 2.45) is 7.05 Å². The summed E-state index contributed by atoms with van der Waals surface area (Å²) in [5, 5.41) is 7.73. The van der Waals surface area contributed by atoms with Crippen LogP contribution in [-0.2, 0) is 11.8 Å². The molecule has 3 aromatic heterocycles. The first-order chi connectivity index (χ1) is 11.1. The summed E-state index contributed by atoms with van der Waals surface area (Å²) < 4.78 is 7.22. The number of pyridine rings is 1. The number of fused-ring (bicyclic) bond motifs is 1. The van der Waals surface area contributed by atoms with Crippen LogP contribution in [0, 0.1) is 0 Å². The van der Waals surface area contributed by atoms with Gasteiger partial charge in [-0.1, -0.05) is 6.07 Å². The van der Waals surface area contributed by atoms with Gasteiger partial charge < -0.3 is 9.73 Å². The Bertz CT molecular complexity index is 885. The Kier molecular flexibility index (Phi) is 3.20. The monoisotopic (exact) mass is 328 g/mol. The number of carbonyl (C=O) groups is 1. The molecule has 116 valence electrons. The molecule has 1 aliphatic rings. The highest BCUT2D eigenvalue weighted by Gasteiger charge is 2.35. The Hall–Kier alpha value is -2.60. The van der Waals surface area contributed by atoms with Gasteiger partial charge >= 0.3 is 0 Å². The van der Waals surface area contributed by atoms with Crippen LogP contribution in [0.1, 0.15) is 23.7 Å². The molecule has 1 N–H and O–H groups in total. The quantitative estimate of drug-likeness (QED) is 0.784. The van der Waals surface area contributed by atoms with E-state index >= 15 is 0 Å². The molecule has 0 saturated heterocycles. The highest BCUT2D eigenvalue weighted by Crippen LogP contribution is 2.42. The van der Waals surface area contributed by atoms with E-state index in [9.17, 15) is 4.79 Å². The number of nitrogens with zero attached hydrogens (tertiary/aromatic N) is 3. The second-order valence-electron chi connectivity index (χ2n) is 5.40. The third kappa shape index (κ3) is 2.31. The van der Waals surface area contributed by atoms with E-state index in [1.165, 1.54) is 0 Å². The Morgan fingerprint density at radius 3 is 2.91 bits per heavy atom. The number of aromatic nitrogens is 3. The highest BCUT2D eigenvalue weighted by atomic mass is 35.5. The minimum atomic E-state index is -0.239. The van der Waals surface area contributed by atoms with Crippen molar-refractivity contribution in [2.75, 3.05) is 5.32 Å². The molecule has 4 heterocycles. The molecule has 0 spiro atoms. The average Bonchev–Trinajstić information content (AvgIpc) is 3.12. The van der Waals surface area contributed by atoms with Crippen molar-refractivity contribution in [3.63, 3.8) is 0 Å². The van der Waals surface area contributed by atoms with Crippen LogP contribution >= 0.6 is 11.6 Å². The summed E-state index contributed by atoms with van der Waals surface area (Å²) in [6.07, 6.45) is 2.00. The summed E-state index contributed by atoms with van der Waals surface area (Å²) in [7, 11) is 1.79. The van der Waals surface area contributed by atoms with Gasteiger partial charge in [0.15, 0.2) is 5.22 Å². The van der Waals surface area contributed by atoms with Crippen LogP contribution in [0.4, 0.5) is 5.82 Å². The highest BCUT2D eigenvalue weighted by molar-refractivity contribution is 6.28. The standard InChI is InChI=1S/C16H13ClN4O2/c1-21-16-14(15(20-21)10-4-2-3-7-18-10)9(8-13(22)19-16)11-5-6-12(17)23-11/h2-7,9H,8H2,1H3,(H,19,22). The predicted molar refractivity (Wildman–Crippen MR) is 85.2 cm³/mol. The molecule has 1 atom stereocenters. The van der Waals surface area contributed by atoms with Crippen LogP contribution in [-0.4, -0.2) is 20.7 Å². The molecule has 0 fully saturated rings. The molecule has 3 aromatic rings. The predicted octanol–water partition coefficient (Wildman–Crippen LogP) is 3.20. The Morgan fingerprint density at radius 1 is 1.35 bits per heavy atom. The van der Waals surface area contributed by atoms with Gasteiger partial charge in [-0.2, -0.15) is 5.10 Å². The lowest BCUT2D eigenvalue weighted by atomic mass is 9.89. The number of anilines is 1. The van der Waals surface area contributed by atoms with Gasteiger partial charge in [0.2, 0.25) is 5.91 Å². The minimum Gasteiger partial charge on any atom is -0.449 e. The molecule has 1 unspecified atom stereocenters.